The van der Waals surface area contributed by atoms with Crippen molar-refractivity contribution in [3.05, 3.63) is 22.1 Å². The number of H-pyrrole nitrogens is 1. The molecule has 18 heavy (non-hydrogen) atoms. The van der Waals surface area contributed by atoms with Crippen LogP contribution in [0.1, 0.15) is 31.9 Å². The minimum Gasteiger partial charge on any atom is -0.355 e. The monoisotopic (exact) mass is 250 g/mol. The highest BCUT2D eigenvalue weighted by Crippen LogP contribution is 2.10. The van der Waals surface area contributed by atoms with Crippen molar-refractivity contribution in [2.75, 3.05) is 25.0 Å². The van der Waals surface area contributed by atoms with Crippen LogP contribution in [0, 0.1) is 5.92 Å². The quantitative estimate of drug-likeness (QED) is 0.733. The summed E-state index contributed by atoms with van der Waals surface area (Å²) in [5, 5.41) is 6.63. The highest BCUT2D eigenvalue weighted by molar-refractivity contribution is 5.25. The molecular weight excluding hydrogens is 228 g/mol. The van der Waals surface area contributed by atoms with Gasteiger partial charge in [-0.05, 0) is 38.3 Å². The van der Waals surface area contributed by atoms with Crippen LogP contribution in [0.5, 0.6) is 0 Å². The summed E-state index contributed by atoms with van der Waals surface area (Å²) >= 11 is 0. The van der Waals surface area contributed by atoms with E-state index in [0.717, 1.165) is 38.2 Å². The summed E-state index contributed by atoms with van der Waals surface area (Å²) in [5.74, 6) is 1.23. The molecule has 0 amide bonds. The van der Waals surface area contributed by atoms with E-state index in [1.807, 2.05) is 0 Å². The third kappa shape index (κ3) is 3.84. The molecule has 0 bridgehead atoms. The normalized spacial score (nSPS) is 19.7. The number of anilines is 1. The third-order valence-corrected chi connectivity index (χ3v) is 3.26. The highest BCUT2D eigenvalue weighted by atomic mass is 16.1. The fourth-order valence-electron chi connectivity index (χ4n) is 2.32. The maximum absolute atomic E-state index is 11.5. The van der Waals surface area contributed by atoms with Crippen LogP contribution in [0.4, 0.5) is 5.95 Å². The van der Waals surface area contributed by atoms with E-state index in [4.69, 9.17) is 0 Å². The van der Waals surface area contributed by atoms with Crippen molar-refractivity contribution in [2.24, 2.45) is 5.92 Å². The van der Waals surface area contributed by atoms with E-state index in [0.29, 0.717) is 11.9 Å². The van der Waals surface area contributed by atoms with Crippen LogP contribution in [0.2, 0.25) is 0 Å². The lowest BCUT2D eigenvalue weighted by molar-refractivity contribution is 0.392. The Morgan fingerprint density at radius 3 is 3.17 bits per heavy atom. The van der Waals surface area contributed by atoms with Gasteiger partial charge in [-0.3, -0.25) is 9.78 Å². The second-order valence-electron chi connectivity index (χ2n) is 4.93. The molecule has 100 valence electrons. The molecule has 0 spiro atoms. The first kappa shape index (κ1) is 13.1. The summed E-state index contributed by atoms with van der Waals surface area (Å²) in [6.45, 7) is 5.12. The van der Waals surface area contributed by atoms with Crippen molar-refractivity contribution in [3.63, 3.8) is 0 Å². The summed E-state index contributed by atoms with van der Waals surface area (Å²) in [5.41, 5.74) is 0.795. The van der Waals surface area contributed by atoms with Gasteiger partial charge in [0.05, 0.1) is 0 Å². The summed E-state index contributed by atoms with van der Waals surface area (Å²) in [4.78, 5) is 18.7. The summed E-state index contributed by atoms with van der Waals surface area (Å²) in [6, 6.07) is 1.58. The van der Waals surface area contributed by atoms with Gasteiger partial charge in [-0.2, -0.15) is 0 Å². The first-order chi connectivity index (χ1) is 8.78. The fraction of sp³-hybridized carbons (Fsp3) is 0.692. The van der Waals surface area contributed by atoms with Crippen LogP contribution < -0.4 is 16.2 Å². The van der Waals surface area contributed by atoms with Gasteiger partial charge < -0.3 is 10.6 Å². The molecule has 0 saturated carbocycles. The van der Waals surface area contributed by atoms with E-state index in [-0.39, 0.29) is 5.56 Å². The van der Waals surface area contributed by atoms with E-state index in [1.54, 1.807) is 6.07 Å². The van der Waals surface area contributed by atoms with Crippen molar-refractivity contribution < 1.29 is 0 Å². The first-order valence-corrected chi connectivity index (χ1v) is 6.82. The van der Waals surface area contributed by atoms with Gasteiger partial charge in [-0.15, -0.1) is 0 Å². The standard InChI is InChI=1S/C13H22N4O/c1-2-4-11-7-12(18)17-13(16-11)15-9-10-5-3-6-14-8-10/h7,10,14H,2-6,8-9H2,1H3,(H2,15,16,17,18). The van der Waals surface area contributed by atoms with Crippen LogP contribution in [0.3, 0.4) is 0 Å². The topological polar surface area (TPSA) is 69.8 Å². The fourth-order valence-corrected chi connectivity index (χ4v) is 2.32. The van der Waals surface area contributed by atoms with Crippen molar-refractivity contribution in [1.82, 2.24) is 15.3 Å². The Kier molecular flexibility index (Phi) is 4.75. The average molecular weight is 250 g/mol. The largest absolute Gasteiger partial charge is 0.355 e. The number of aromatic amines is 1. The Morgan fingerprint density at radius 2 is 2.44 bits per heavy atom. The molecule has 1 aliphatic heterocycles. The van der Waals surface area contributed by atoms with Gasteiger partial charge in [0.15, 0.2) is 0 Å². The predicted molar refractivity (Wildman–Crippen MR) is 72.9 cm³/mol. The molecule has 2 rings (SSSR count). The van der Waals surface area contributed by atoms with E-state index >= 15 is 0 Å². The van der Waals surface area contributed by atoms with Gasteiger partial charge in [0, 0.05) is 18.3 Å². The number of piperidine rings is 1. The first-order valence-electron chi connectivity index (χ1n) is 6.82. The maximum Gasteiger partial charge on any atom is 0.252 e. The molecule has 3 N–H and O–H groups in total. The van der Waals surface area contributed by atoms with Gasteiger partial charge in [0.2, 0.25) is 5.95 Å². The van der Waals surface area contributed by atoms with Crippen LogP contribution in [0.25, 0.3) is 0 Å². The third-order valence-electron chi connectivity index (χ3n) is 3.26. The lowest BCUT2D eigenvalue weighted by atomic mass is 10.00. The highest BCUT2D eigenvalue weighted by Gasteiger charge is 2.12. The Bertz CT molecular complexity index is 423. The van der Waals surface area contributed by atoms with E-state index < -0.39 is 0 Å². The number of hydrogen-bond acceptors (Lipinski definition) is 4. The van der Waals surface area contributed by atoms with E-state index in [9.17, 15) is 4.79 Å². The molecule has 1 atom stereocenters. The predicted octanol–water partition coefficient (Wildman–Crippen LogP) is 1.13. The Morgan fingerprint density at radius 1 is 1.56 bits per heavy atom. The number of nitrogens with zero attached hydrogens (tertiary/aromatic N) is 1. The number of aromatic nitrogens is 2. The van der Waals surface area contributed by atoms with Gasteiger partial charge in [-0.25, -0.2) is 4.98 Å². The molecule has 5 heteroatoms. The van der Waals surface area contributed by atoms with Crippen molar-refractivity contribution >= 4 is 5.95 Å². The summed E-state index contributed by atoms with van der Waals surface area (Å²) < 4.78 is 0. The molecule has 1 aromatic heterocycles. The zero-order valence-electron chi connectivity index (χ0n) is 11.0. The Labute approximate surface area is 107 Å². The SMILES string of the molecule is CCCc1cc(=O)[nH]c(NCC2CCCNC2)n1. The van der Waals surface area contributed by atoms with Gasteiger partial charge in [-0.1, -0.05) is 13.3 Å². The molecule has 1 fully saturated rings. The zero-order valence-corrected chi connectivity index (χ0v) is 11.0. The van der Waals surface area contributed by atoms with Crippen molar-refractivity contribution in [3.8, 4) is 0 Å². The molecule has 2 heterocycles. The van der Waals surface area contributed by atoms with Gasteiger partial charge in [0.25, 0.3) is 5.56 Å². The summed E-state index contributed by atoms with van der Waals surface area (Å²) in [6.07, 6.45) is 4.32. The smallest absolute Gasteiger partial charge is 0.252 e. The number of rotatable bonds is 5. The molecule has 0 aromatic carbocycles. The molecule has 0 aliphatic carbocycles. The van der Waals surface area contributed by atoms with Crippen molar-refractivity contribution in [1.29, 1.82) is 0 Å². The van der Waals surface area contributed by atoms with Gasteiger partial charge in [0.1, 0.15) is 0 Å². The second-order valence-corrected chi connectivity index (χ2v) is 4.93. The Hall–Kier alpha value is -1.36. The number of hydrogen-bond donors (Lipinski definition) is 3. The maximum atomic E-state index is 11.5. The van der Waals surface area contributed by atoms with Crippen LogP contribution in [-0.2, 0) is 6.42 Å². The van der Waals surface area contributed by atoms with Gasteiger partial charge >= 0.3 is 0 Å². The minimum atomic E-state index is -0.0716. The molecule has 1 saturated heterocycles. The molecule has 1 aromatic rings. The average Bonchev–Trinajstić information content (AvgIpc) is 2.37. The number of aryl methyl sites for hydroxylation is 1. The number of nitrogens with one attached hydrogen (secondary N) is 3. The minimum absolute atomic E-state index is 0.0716. The molecule has 0 radical (unpaired) electrons. The molecular formula is C13H22N4O. The van der Waals surface area contributed by atoms with Crippen LogP contribution in [-0.4, -0.2) is 29.6 Å². The molecule has 1 unspecified atom stereocenters. The van der Waals surface area contributed by atoms with E-state index in [2.05, 4.69) is 27.5 Å². The van der Waals surface area contributed by atoms with Crippen LogP contribution in [0.15, 0.2) is 10.9 Å². The molecule has 5 nitrogen and oxygen atoms in total. The summed E-state index contributed by atoms with van der Waals surface area (Å²) in [7, 11) is 0. The van der Waals surface area contributed by atoms with Crippen molar-refractivity contribution in [2.45, 2.75) is 32.6 Å². The van der Waals surface area contributed by atoms with Crippen LogP contribution >= 0.6 is 0 Å². The lowest BCUT2D eigenvalue weighted by Gasteiger charge is -2.22. The van der Waals surface area contributed by atoms with E-state index in [1.165, 1.54) is 12.8 Å². The zero-order chi connectivity index (χ0) is 12.8. The lowest BCUT2D eigenvalue weighted by Crippen LogP contribution is -2.34. The Balaban J connectivity index is 1.93. The second kappa shape index (κ2) is 6.54. The molecule has 1 aliphatic rings.